The Kier molecular flexibility index (Phi) is 3.07. The summed E-state index contributed by atoms with van der Waals surface area (Å²) >= 11 is 0. The molecule has 0 aliphatic carbocycles. The van der Waals surface area contributed by atoms with Gasteiger partial charge in [0, 0.05) is 0 Å². The van der Waals surface area contributed by atoms with E-state index in [0.29, 0.717) is 0 Å². The molecule has 0 N–H and O–H groups in total. The van der Waals surface area contributed by atoms with Crippen LogP contribution in [0, 0.1) is 0 Å². The molecule has 1 saturated heterocycles. The molecule has 19 heavy (non-hydrogen) atoms. The van der Waals surface area contributed by atoms with Gasteiger partial charge in [-0.3, -0.25) is 0 Å². The second-order valence-corrected chi connectivity index (χ2v) is 9.43. The van der Waals surface area contributed by atoms with Gasteiger partial charge in [-0.25, -0.2) is 0 Å². The number of hydrogen-bond acceptors (Lipinski definition) is 1. The van der Waals surface area contributed by atoms with Crippen LogP contribution in [-0.2, 0) is 4.43 Å². The van der Waals surface area contributed by atoms with Gasteiger partial charge in [-0.2, -0.15) is 0 Å². The summed E-state index contributed by atoms with van der Waals surface area (Å²) in [6.45, 7) is 4.43. The lowest BCUT2D eigenvalue weighted by Crippen LogP contribution is -2.59. The van der Waals surface area contributed by atoms with Crippen molar-refractivity contribution in [2.75, 3.05) is 0 Å². The lowest BCUT2D eigenvalue weighted by Gasteiger charge is -2.30. The monoisotopic (exact) mass is 268 g/mol. The molecule has 1 aliphatic heterocycles. The second kappa shape index (κ2) is 4.62. The summed E-state index contributed by atoms with van der Waals surface area (Å²) in [5.41, 5.74) is -0.00208. The summed E-state index contributed by atoms with van der Waals surface area (Å²) in [4.78, 5) is 0. The average molecular weight is 268 g/mol. The molecule has 1 fully saturated rings. The van der Waals surface area contributed by atoms with Crippen LogP contribution in [0.15, 0.2) is 60.7 Å². The first-order valence-corrected chi connectivity index (χ1v) is 9.05. The Bertz CT molecular complexity index is 508. The Balaban J connectivity index is 2.13. The topological polar surface area (TPSA) is 9.23 Å². The molecule has 0 amide bonds. The Morgan fingerprint density at radius 3 is 1.68 bits per heavy atom. The maximum atomic E-state index is 6.65. The van der Waals surface area contributed by atoms with Crippen molar-refractivity contribution >= 4 is 18.7 Å². The summed E-state index contributed by atoms with van der Waals surface area (Å²) in [5, 5.41) is 2.79. The first-order chi connectivity index (χ1) is 9.12. The molecule has 0 saturated carbocycles. The molecule has 98 valence electrons. The lowest BCUT2D eigenvalue weighted by atomic mass is 10.1. The van der Waals surface area contributed by atoms with Gasteiger partial charge in [0.15, 0.2) is 0 Å². The van der Waals surface area contributed by atoms with Crippen LogP contribution in [0.1, 0.15) is 20.3 Å². The van der Waals surface area contributed by atoms with Crippen LogP contribution in [-0.4, -0.2) is 13.9 Å². The quantitative estimate of drug-likeness (QED) is 0.761. The van der Waals surface area contributed by atoms with Gasteiger partial charge in [0.05, 0.1) is 5.60 Å². The van der Waals surface area contributed by atoms with Crippen LogP contribution in [0.5, 0.6) is 0 Å². The van der Waals surface area contributed by atoms with E-state index in [1.807, 2.05) is 0 Å². The molecule has 0 radical (unpaired) electrons. The molecule has 2 heteroatoms. The molecule has 2 aromatic rings. The van der Waals surface area contributed by atoms with E-state index >= 15 is 0 Å². The fraction of sp³-hybridized carbons (Fsp3) is 0.294. The summed E-state index contributed by atoms with van der Waals surface area (Å²) in [6.07, 6.45) is 1.14. The van der Waals surface area contributed by atoms with Crippen molar-refractivity contribution in [3.05, 3.63) is 60.7 Å². The van der Waals surface area contributed by atoms with E-state index in [1.54, 1.807) is 0 Å². The zero-order chi connectivity index (χ0) is 13.3. The molecule has 1 aliphatic rings. The van der Waals surface area contributed by atoms with Gasteiger partial charge in [0.25, 0.3) is 8.32 Å². The standard InChI is InChI=1S/C17H20OSi/c1-17(2)13-14-19(18-17,15-9-5-3-6-10-15)16-11-7-4-8-12-16/h3-12H,13-14H2,1-2H3. The third kappa shape index (κ3) is 2.26. The van der Waals surface area contributed by atoms with Gasteiger partial charge in [-0.15, -0.1) is 0 Å². The van der Waals surface area contributed by atoms with E-state index in [1.165, 1.54) is 16.4 Å². The lowest BCUT2D eigenvalue weighted by molar-refractivity contribution is 0.132. The molecule has 0 atom stereocenters. The highest BCUT2D eigenvalue weighted by molar-refractivity contribution is 6.98. The molecule has 1 nitrogen and oxygen atoms in total. The molecule has 0 unspecified atom stereocenters. The van der Waals surface area contributed by atoms with Gasteiger partial charge in [0.1, 0.15) is 0 Å². The molecule has 0 spiro atoms. The predicted molar refractivity (Wildman–Crippen MR) is 82.5 cm³/mol. The maximum absolute atomic E-state index is 6.65. The highest BCUT2D eigenvalue weighted by atomic mass is 28.4. The Labute approximate surface area is 116 Å². The third-order valence-corrected chi connectivity index (χ3v) is 8.40. The molecule has 3 rings (SSSR count). The minimum atomic E-state index is -2.02. The average Bonchev–Trinajstić information content (AvgIpc) is 2.78. The highest BCUT2D eigenvalue weighted by Gasteiger charge is 2.49. The Hall–Kier alpha value is -1.38. The SMILES string of the molecule is CC1(C)CC[Si](c2ccccc2)(c2ccccc2)O1. The molecular formula is C17H20OSi. The van der Waals surface area contributed by atoms with Crippen molar-refractivity contribution in [1.29, 1.82) is 0 Å². The van der Waals surface area contributed by atoms with Crippen molar-refractivity contribution in [2.45, 2.75) is 31.9 Å². The first-order valence-electron chi connectivity index (χ1n) is 6.94. The predicted octanol–water partition coefficient (Wildman–Crippen LogP) is 2.95. The fourth-order valence-electron chi connectivity index (χ4n) is 3.04. The number of rotatable bonds is 2. The number of hydrogen-bond donors (Lipinski definition) is 0. The Morgan fingerprint density at radius 2 is 1.32 bits per heavy atom. The Morgan fingerprint density at radius 1 is 0.842 bits per heavy atom. The van der Waals surface area contributed by atoms with Crippen LogP contribution in [0.4, 0.5) is 0 Å². The fourth-order valence-corrected chi connectivity index (χ4v) is 7.75. The minimum Gasteiger partial charge on any atom is -0.403 e. The molecular weight excluding hydrogens is 248 g/mol. The summed E-state index contributed by atoms with van der Waals surface area (Å²) in [5.74, 6) is 0. The van der Waals surface area contributed by atoms with Gasteiger partial charge in [-0.1, -0.05) is 60.7 Å². The normalized spacial score (nSPS) is 20.3. The van der Waals surface area contributed by atoms with Crippen molar-refractivity contribution in [3.63, 3.8) is 0 Å². The summed E-state index contributed by atoms with van der Waals surface area (Å²) in [6, 6.07) is 22.8. The van der Waals surface area contributed by atoms with Crippen LogP contribution < -0.4 is 10.4 Å². The van der Waals surface area contributed by atoms with Gasteiger partial charge >= 0.3 is 0 Å². The zero-order valence-electron chi connectivity index (χ0n) is 11.6. The van der Waals surface area contributed by atoms with Crippen molar-refractivity contribution in [2.24, 2.45) is 0 Å². The van der Waals surface area contributed by atoms with Crippen molar-refractivity contribution in [1.82, 2.24) is 0 Å². The van der Waals surface area contributed by atoms with Crippen LogP contribution in [0.25, 0.3) is 0 Å². The van der Waals surface area contributed by atoms with E-state index in [-0.39, 0.29) is 5.60 Å². The van der Waals surface area contributed by atoms with E-state index in [4.69, 9.17) is 4.43 Å². The smallest absolute Gasteiger partial charge is 0.256 e. The maximum Gasteiger partial charge on any atom is 0.256 e. The van der Waals surface area contributed by atoms with E-state index in [2.05, 4.69) is 74.5 Å². The largest absolute Gasteiger partial charge is 0.403 e. The van der Waals surface area contributed by atoms with Gasteiger partial charge < -0.3 is 4.43 Å². The van der Waals surface area contributed by atoms with Crippen LogP contribution in [0.3, 0.4) is 0 Å². The van der Waals surface area contributed by atoms with Crippen molar-refractivity contribution < 1.29 is 4.43 Å². The molecule has 0 bridgehead atoms. The van der Waals surface area contributed by atoms with E-state index < -0.39 is 8.32 Å². The van der Waals surface area contributed by atoms with Crippen molar-refractivity contribution in [3.8, 4) is 0 Å². The third-order valence-electron chi connectivity index (χ3n) is 4.01. The van der Waals surface area contributed by atoms with Crippen LogP contribution >= 0.6 is 0 Å². The summed E-state index contributed by atoms with van der Waals surface area (Å²) < 4.78 is 6.65. The molecule has 1 heterocycles. The highest BCUT2D eigenvalue weighted by Crippen LogP contribution is 2.34. The van der Waals surface area contributed by atoms with Crippen LogP contribution in [0.2, 0.25) is 6.04 Å². The minimum absolute atomic E-state index is 0.00208. The number of benzene rings is 2. The van der Waals surface area contributed by atoms with Gasteiger partial charge in [0.2, 0.25) is 0 Å². The zero-order valence-corrected chi connectivity index (χ0v) is 12.6. The summed E-state index contributed by atoms with van der Waals surface area (Å²) in [7, 11) is -2.02. The second-order valence-electron chi connectivity index (χ2n) is 5.92. The van der Waals surface area contributed by atoms with E-state index in [9.17, 15) is 0 Å². The molecule has 2 aromatic carbocycles. The first kappa shape index (κ1) is 12.6. The molecule has 0 aromatic heterocycles. The van der Waals surface area contributed by atoms with Gasteiger partial charge in [-0.05, 0) is 36.7 Å². The van der Waals surface area contributed by atoms with E-state index in [0.717, 1.165) is 6.42 Å².